The number of rotatable bonds is 10. The Morgan fingerprint density at radius 2 is 2.06 bits per heavy atom. The van der Waals surface area contributed by atoms with Gasteiger partial charge >= 0.3 is 0 Å². The van der Waals surface area contributed by atoms with E-state index in [-0.39, 0.29) is 11.3 Å². The summed E-state index contributed by atoms with van der Waals surface area (Å²) in [4.78, 5) is 27.4. The van der Waals surface area contributed by atoms with Crippen LogP contribution in [0.1, 0.15) is 21.8 Å². The summed E-state index contributed by atoms with van der Waals surface area (Å²) in [5, 5.41) is 8.56. The molecule has 0 aliphatic carbocycles. The van der Waals surface area contributed by atoms with E-state index in [1.165, 1.54) is 17.4 Å². The maximum Gasteiger partial charge on any atom is 0.255 e. The van der Waals surface area contributed by atoms with Crippen molar-refractivity contribution in [3.63, 3.8) is 0 Å². The molecule has 0 unspecified atom stereocenters. The van der Waals surface area contributed by atoms with Crippen LogP contribution in [0, 0.1) is 0 Å². The SMILES string of the molecule is COCCN(C)c1cc(-n2ccccc2=O)ccc1-n1cc(CCC(=O)c2ccc(Cl)s2)nn1. The van der Waals surface area contributed by atoms with Crippen LogP contribution in [0.15, 0.2) is 65.7 Å². The van der Waals surface area contributed by atoms with Crippen molar-refractivity contribution in [3.8, 4) is 11.4 Å². The van der Waals surface area contributed by atoms with Gasteiger partial charge in [-0.15, -0.1) is 16.4 Å². The summed E-state index contributed by atoms with van der Waals surface area (Å²) < 4.78 is 9.12. The lowest BCUT2D eigenvalue weighted by molar-refractivity contribution is 0.0986. The molecular formula is C24H24ClN5O3S. The van der Waals surface area contributed by atoms with Gasteiger partial charge in [0.05, 0.1) is 44.8 Å². The van der Waals surface area contributed by atoms with Crippen molar-refractivity contribution in [3.05, 3.63) is 86.2 Å². The number of halogens is 1. The normalized spacial score (nSPS) is 11.0. The summed E-state index contributed by atoms with van der Waals surface area (Å²) in [5.41, 5.74) is 3.02. The van der Waals surface area contributed by atoms with Gasteiger partial charge in [-0.1, -0.05) is 22.9 Å². The molecule has 0 amide bonds. The molecule has 0 saturated carbocycles. The predicted molar refractivity (Wildman–Crippen MR) is 134 cm³/mol. The van der Waals surface area contributed by atoms with Gasteiger partial charge in [-0.05, 0) is 36.4 Å². The van der Waals surface area contributed by atoms with Gasteiger partial charge < -0.3 is 9.64 Å². The number of methoxy groups -OCH3 is 1. The highest BCUT2D eigenvalue weighted by Gasteiger charge is 2.15. The molecule has 0 N–H and O–H groups in total. The molecular weight excluding hydrogens is 474 g/mol. The summed E-state index contributed by atoms with van der Waals surface area (Å²) in [7, 11) is 3.61. The number of pyridine rings is 1. The number of ketones is 1. The monoisotopic (exact) mass is 497 g/mol. The van der Waals surface area contributed by atoms with Crippen LogP contribution in [-0.4, -0.2) is 52.7 Å². The molecule has 34 heavy (non-hydrogen) atoms. The topological polar surface area (TPSA) is 82.2 Å². The van der Waals surface area contributed by atoms with Crippen LogP contribution in [0.5, 0.6) is 0 Å². The maximum atomic E-state index is 12.4. The van der Waals surface area contributed by atoms with Crippen LogP contribution in [0.4, 0.5) is 5.69 Å². The number of aryl methyl sites for hydroxylation is 1. The van der Waals surface area contributed by atoms with E-state index in [2.05, 4.69) is 10.3 Å². The molecule has 0 atom stereocenters. The van der Waals surface area contributed by atoms with Crippen molar-refractivity contribution in [2.45, 2.75) is 12.8 Å². The number of likely N-dealkylation sites (N-methyl/N-ethyl adjacent to an activating group) is 1. The van der Waals surface area contributed by atoms with Crippen LogP contribution < -0.4 is 10.5 Å². The average Bonchev–Trinajstić information content (AvgIpc) is 3.50. The molecule has 1 aromatic carbocycles. The Morgan fingerprint density at radius 3 is 2.79 bits per heavy atom. The molecule has 4 aromatic rings. The van der Waals surface area contributed by atoms with Gasteiger partial charge in [0.25, 0.3) is 5.56 Å². The van der Waals surface area contributed by atoms with Crippen LogP contribution in [0.25, 0.3) is 11.4 Å². The predicted octanol–water partition coefficient (Wildman–Crippen LogP) is 4.03. The Labute approximate surface area is 206 Å². The number of anilines is 1. The number of nitrogens with zero attached hydrogens (tertiary/aromatic N) is 5. The molecule has 0 saturated heterocycles. The molecule has 0 aliphatic rings. The third-order valence-electron chi connectivity index (χ3n) is 5.35. The molecule has 10 heteroatoms. The average molecular weight is 498 g/mol. The molecule has 0 bridgehead atoms. The first-order valence-corrected chi connectivity index (χ1v) is 11.9. The molecule has 0 aliphatic heterocycles. The molecule has 0 fully saturated rings. The molecule has 176 valence electrons. The van der Waals surface area contributed by atoms with Gasteiger partial charge in [0.15, 0.2) is 5.78 Å². The van der Waals surface area contributed by atoms with E-state index in [4.69, 9.17) is 16.3 Å². The van der Waals surface area contributed by atoms with E-state index in [1.807, 2.05) is 42.4 Å². The van der Waals surface area contributed by atoms with E-state index in [0.717, 1.165) is 17.1 Å². The fourth-order valence-electron chi connectivity index (χ4n) is 3.51. The van der Waals surface area contributed by atoms with Gasteiger partial charge in [-0.3, -0.25) is 14.2 Å². The zero-order valence-electron chi connectivity index (χ0n) is 18.8. The number of aromatic nitrogens is 4. The van der Waals surface area contributed by atoms with E-state index >= 15 is 0 Å². The lowest BCUT2D eigenvalue weighted by atomic mass is 10.1. The number of carbonyl (C=O) groups is 1. The molecule has 0 radical (unpaired) electrons. The fraction of sp³-hybridized carbons (Fsp3) is 0.250. The lowest BCUT2D eigenvalue weighted by Gasteiger charge is -2.23. The minimum Gasteiger partial charge on any atom is -0.383 e. The summed E-state index contributed by atoms with van der Waals surface area (Å²) in [6, 6.07) is 14.3. The largest absolute Gasteiger partial charge is 0.383 e. The fourth-order valence-corrected chi connectivity index (χ4v) is 4.52. The maximum absolute atomic E-state index is 12.4. The number of hydrogen-bond donors (Lipinski definition) is 0. The van der Waals surface area contributed by atoms with E-state index in [1.54, 1.807) is 40.8 Å². The van der Waals surface area contributed by atoms with E-state index in [9.17, 15) is 9.59 Å². The molecule has 0 spiro atoms. The minimum atomic E-state index is -0.111. The smallest absolute Gasteiger partial charge is 0.255 e. The highest BCUT2D eigenvalue weighted by atomic mass is 35.5. The van der Waals surface area contributed by atoms with Crippen molar-refractivity contribution in [1.82, 2.24) is 19.6 Å². The summed E-state index contributed by atoms with van der Waals surface area (Å²) in [6.07, 6.45) is 4.36. The molecule has 8 nitrogen and oxygen atoms in total. The third kappa shape index (κ3) is 5.44. The zero-order valence-corrected chi connectivity index (χ0v) is 20.4. The first-order valence-electron chi connectivity index (χ1n) is 10.7. The molecule has 4 rings (SSSR count). The Hall–Kier alpha value is -3.27. The number of ether oxygens (including phenoxy) is 1. The third-order valence-corrected chi connectivity index (χ3v) is 6.62. The summed E-state index contributed by atoms with van der Waals surface area (Å²) >= 11 is 7.21. The number of thiophene rings is 1. The van der Waals surface area contributed by atoms with Crippen LogP contribution >= 0.6 is 22.9 Å². The first kappa shape index (κ1) is 23.9. The van der Waals surface area contributed by atoms with Crippen LogP contribution in [0.2, 0.25) is 4.34 Å². The van der Waals surface area contributed by atoms with Gasteiger partial charge in [0.1, 0.15) is 0 Å². The molecule has 3 heterocycles. The Bertz CT molecular complexity index is 1350. The van der Waals surface area contributed by atoms with Crippen LogP contribution in [-0.2, 0) is 11.2 Å². The van der Waals surface area contributed by atoms with Gasteiger partial charge in [0, 0.05) is 45.8 Å². The quantitative estimate of drug-likeness (QED) is 0.308. The second-order valence-electron chi connectivity index (χ2n) is 7.68. The van der Waals surface area contributed by atoms with Gasteiger partial charge in [-0.25, -0.2) is 4.68 Å². The number of carbonyl (C=O) groups excluding carboxylic acids is 1. The van der Waals surface area contributed by atoms with Crippen molar-refractivity contribution in [1.29, 1.82) is 0 Å². The zero-order chi connectivity index (χ0) is 24.1. The number of hydrogen-bond acceptors (Lipinski definition) is 7. The second kappa shape index (κ2) is 10.8. The van der Waals surface area contributed by atoms with E-state index in [0.29, 0.717) is 40.9 Å². The standard InChI is InChI=1S/C24H24ClN5O3S/c1-28(13-14-33-2)20-15-18(29-12-4-3-5-24(29)32)7-8-19(20)30-16-17(26-27-30)6-9-21(31)22-10-11-23(25)34-22/h3-5,7-8,10-12,15-16H,6,9,13-14H2,1-2H3. The van der Waals surface area contributed by atoms with Crippen molar-refractivity contribution in [2.75, 3.05) is 32.2 Å². The minimum absolute atomic E-state index is 0.0316. The van der Waals surface area contributed by atoms with Crippen molar-refractivity contribution >= 4 is 34.4 Å². The van der Waals surface area contributed by atoms with Gasteiger partial charge in [-0.2, -0.15) is 0 Å². The summed E-state index contributed by atoms with van der Waals surface area (Å²) in [5.74, 6) is 0.0316. The Morgan fingerprint density at radius 1 is 1.21 bits per heavy atom. The lowest BCUT2D eigenvalue weighted by Crippen LogP contribution is -2.24. The van der Waals surface area contributed by atoms with E-state index < -0.39 is 0 Å². The number of benzene rings is 1. The number of Topliss-reactive ketones (excluding diaryl/α,β-unsaturated/α-hetero) is 1. The Kier molecular flexibility index (Phi) is 7.56. The summed E-state index contributed by atoms with van der Waals surface area (Å²) in [6.45, 7) is 1.19. The Balaban J connectivity index is 1.60. The second-order valence-corrected chi connectivity index (χ2v) is 9.39. The van der Waals surface area contributed by atoms with Gasteiger partial charge in [0.2, 0.25) is 0 Å². The first-order chi connectivity index (χ1) is 16.5. The van der Waals surface area contributed by atoms with Crippen LogP contribution in [0.3, 0.4) is 0 Å². The van der Waals surface area contributed by atoms with Crippen molar-refractivity contribution in [2.24, 2.45) is 0 Å². The van der Waals surface area contributed by atoms with Crippen molar-refractivity contribution < 1.29 is 9.53 Å². The highest BCUT2D eigenvalue weighted by Crippen LogP contribution is 2.27. The highest BCUT2D eigenvalue weighted by molar-refractivity contribution is 7.18. The molecule has 3 aromatic heterocycles.